The Bertz CT molecular complexity index is 548. The molecule has 0 saturated heterocycles. The molecule has 0 aliphatic heterocycles. The molecule has 1 nitrogen and oxygen atoms in total. The molecule has 0 saturated carbocycles. The summed E-state index contributed by atoms with van der Waals surface area (Å²) in [6.45, 7) is 2.12. The van der Waals surface area contributed by atoms with E-state index in [1.165, 1.54) is 11.6 Å². The van der Waals surface area contributed by atoms with Gasteiger partial charge in [-0.15, -0.1) is 0 Å². The fourth-order valence-electron chi connectivity index (χ4n) is 2.31. The minimum Gasteiger partial charge on any atom is -0.324 e. The van der Waals surface area contributed by atoms with Gasteiger partial charge in [-0.3, -0.25) is 0 Å². The summed E-state index contributed by atoms with van der Waals surface area (Å²) in [6.07, 6.45) is 1.59. The first-order valence-corrected chi connectivity index (χ1v) is 7.17. The normalized spacial score (nSPS) is 12.4. The molecule has 2 rings (SSSR count). The van der Waals surface area contributed by atoms with Crippen molar-refractivity contribution in [3.05, 3.63) is 69.4 Å². The van der Waals surface area contributed by atoms with Gasteiger partial charge in [0.15, 0.2) is 0 Å². The van der Waals surface area contributed by atoms with Gasteiger partial charge in [-0.25, -0.2) is 4.39 Å². The summed E-state index contributed by atoms with van der Waals surface area (Å²) in [6, 6.07) is 13.0. The van der Waals surface area contributed by atoms with Gasteiger partial charge < -0.3 is 5.73 Å². The summed E-state index contributed by atoms with van der Waals surface area (Å²) in [4.78, 5) is 0. The second-order valence-electron chi connectivity index (χ2n) is 4.64. The molecule has 3 heteroatoms. The second kappa shape index (κ2) is 6.31. The average molecular weight is 322 g/mol. The van der Waals surface area contributed by atoms with Crippen molar-refractivity contribution in [2.75, 3.05) is 0 Å². The van der Waals surface area contributed by atoms with E-state index in [4.69, 9.17) is 5.73 Å². The Morgan fingerprint density at radius 3 is 2.63 bits per heavy atom. The van der Waals surface area contributed by atoms with Gasteiger partial charge in [-0.1, -0.05) is 47.1 Å². The van der Waals surface area contributed by atoms with Crippen LogP contribution in [0.15, 0.2) is 46.9 Å². The minimum absolute atomic E-state index is 0.107. The lowest BCUT2D eigenvalue weighted by atomic mass is 9.94. The minimum atomic E-state index is -0.236. The van der Waals surface area contributed by atoms with E-state index < -0.39 is 0 Å². The van der Waals surface area contributed by atoms with Crippen LogP contribution in [-0.2, 0) is 12.8 Å². The zero-order valence-electron chi connectivity index (χ0n) is 10.9. The molecule has 2 aromatic carbocycles. The Labute approximate surface area is 121 Å². The van der Waals surface area contributed by atoms with Crippen LogP contribution >= 0.6 is 15.9 Å². The highest BCUT2D eigenvalue weighted by atomic mass is 79.9. The first kappa shape index (κ1) is 14.2. The van der Waals surface area contributed by atoms with Crippen molar-refractivity contribution in [3.63, 3.8) is 0 Å². The van der Waals surface area contributed by atoms with Crippen LogP contribution < -0.4 is 5.73 Å². The topological polar surface area (TPSA) is 26.0 Å². The summed E-state index contributed by atoms with van der Waals surface area (Å²) < 4.78 is 14.1. The van der Waals surface area contributed by atoms with Crippen LogP contribution in [0.2, 0.25) is 0 Å². The Balaban J connectivity index is 2.22. The molecule has 1 atom stereocenters. The highest BCUT2D eigenvalue weighted by Crippen LogP contribution is 2.23. The van der Waals surface area contributed by atoms with Gasteiger partial charge in [0.25, 0.3) is 0 Å². The molecule has 100 valence electrons. The van der Waals surface area contributed by atoms with E-state index in [1.807, 2.05) is 18.2 Å². The number of benzene rings is 2. The van der Waals surface area contributed by atoms with Crippen LogP contribution in [0.25, 0.3) is 0 Å². The average Bonchev–Trinajstić information content (AvgIpc) is 2.37. The molecule has 2 N–H and O–H groups in total. The summed E-state index contributed by atoms with van der Waals surface area (Å²) >= 11 is 3.31. The predicted octanol–water partition coefficient (Wildman–Crippen LogP) is 4.39. The Morgan fingerprint density at radius 2 is 1.95 bits per heavy atom. The van der Waals surface area contributed by atoms with Gasteiger partial charge in [0.05, 0.1) is 0 Å². The molecule has 1 unspecified atom stereocenters. The van der Waals surface area contributed by atoms with Gasteiger partial charge in [-0.05, 0) is 47.7 Å². The van der Waals surface area contributed by atoms with Gasteiger partial charge >= 0.3 is 0 Å². The SMILES string of the molecule is CCc1ccccc1C(N)Cc1cc(F)cc(Br)c1. The molecule has 2 aromatic rings. The molecule has 0 amide bonds. The maximum atomic E-state index is 13.4. The number of hydrogen-bond acceptors (Lipinski definition) is 1. The fourth-order valence-corrected chi connectivity index (χ4v) is 2.82. The van der Waals surface area contributed by atoms with Crippen molar-refractivity contribution in [3.8, 4) is 0 Å². The maximum Gasteiger partial charge on any atom is 0.124 e. The van der Waals surface area contributed by atoms with Crippen LogP contribution in [0.3, 0.4) is 0 Å². The fraction of sp³-hybridized carbons (Fsp3) is 0.250. The van der Waals surface area contributed by atoms with Crippen molar-refractivity contribution in [2.24, 2.45) is 5.73 Å². The van der Waals surface area contributed by atoms with E-state index in [2.05, 4.69) is 35.0 Å². The molecule has 0 aliphatic carbocycles. The largest absolute Gasteiger partial charge is 0.324 e. The highest BCUT2D eigenvalue weighted by molar-refractivity contribution is 9.10. The summed E-state index contributed by atoms with van der Waals surface area (Å²) in [7, 11) is 0. The van der Waals surface area contributed by atoms with E-state index in [-0.39, 0.29) is 11.9 Å². The van der Waals surface area contributed by atoms with Gasteiger partial charge in [-0.2, -0.15) is 0 Å². The monoisotopic (exact) mass is 321 g/mol. The number of hydrogen-bond donors (Lipinski definition) is 1. The lowest BCUT2D eigenvalue weighted by Crippen LogP contribution is -2.15. The summed E-state index contributed by atoms with van der Waals surface area (Å²) in [5.41, 5.74) is 9.57. The quantitative estimate of drug-likeness (QED) is 0.887. The molecule has 0 heterocycles. The van der Waals surface area contributed by atoms with Crippen molar-refractivity contribution >= 4 is 15.9 Å². The van der Waals surface area contributed by atoms with Crippen molar-refractivity contribution in [2.45, 2.75) is 25.8 Å². The molecule has 0 aliphatic rings. The molecule has 0 radical (unpaired) electrons. The van der Waals surface area contributed by atoms with E-state index in [9.17, 15) is 4.39 Å². The molecular formula is C16H17BrFN. The third-order valence-corrected chi connectivity index (χ3v) is 3.67. The first-order valence-electron chi connectivity index (χ1n) is 6.38. The van der Waals surface area contributed by atoms with E-state index in [0.717, 1.165) is 22.0 Å². The zero-order chi connectivity index (χ0) is 13.8. The van der Waals surface area contributed by atoms with Crippen LogP contribution in [0.4, 0.5) is 4.39 Å². The van der Waals surface area contributed by atoms with Crippen molar-refractivity contribution < 1.29 is 4.39 Å². The molecule has 0 fully saturated rings. The molecule has 0 bridgehead atoms. The Morgan fingerprint density at radius 1 is 1.21 bits per heavy atom. The molecule has 0 spiro atoms. The Hall–Kier alpha value is -1.19. The standard InChI is InChI=1S/C16H17BrFN/c1-2-12-5-3-4-6-15(12)16(19)9-11-7-13(17)10-14(18)8-11/h3-8,10,16H,2,9,19H2,1H3. The lowest BCUT2D eigenvalue weighted by molar-refractivity contribution is 0.620. The van der Waals surface area contributed by atoms with Crippen LogP contribution in [0.1, 0.15) is 29.7 Å². The maximum absolute atomic E-state index is 13.4. The third-order valence-electron chi connectivity index (χ3n) is 3.21. The van der Waals surface area contributed by atoms with Gasteiger partial charge in [0.1, 0.15) is 5.82 Å². The van der Waals surface area contributed by atoms with E-state index >= 15 is 0 Å². The van der Waals surface area contributed by atoms with Crippen molar-refractivity contribution in [1.29, 1.82) is 0 Å². The summed E-state index contributed by atoms with van der Waals surface area (Å²) in [5, 5.41) is 0. The van der Waals surface area contributed by atoms with Gasteiger partial charge in [0.2, 0.25) is 0 Å². The second-order valence-corrected chi connectivity index (χ2v) is 5.56. The smallest absolute Gasteiger partial charge is 0.124 e. The Kier molecular flexibility index (Phi) is 4.72. The van der Waals surface area contributed by atoms with Crippen LogP contribution in [-0.4, -0.2) is 0 Å². The third kappa shape index (κ3) is 3.64. The molecular weight excluding hydrogens is 305 g/mol. The first-order chi connectivity index (χ1) is 9.10. The predicted molar refractivity (Wildman–Crippen MR) is 80.6 cm³/mol. The van der Waals surface area contributed by atoms with Crippen LogP contribution in [0.5, 0.6) is 0 Å². The summed E-state index contributed by atoms with van der Waals surface area (Å²) in [5.74, 6) is -0.236. The number of aryl methyl sites for hydroxylation is 1. The lowest BCUT2D eigenvalue weighted by Gasteiger charge is -2.16. The van der Waals surface area contributed by atoms with Crippen LogP contribution in [0, 0.1) is 5.82 Å². The molecule has 19 heavy (non-hydrogen) atoms. The highest BCUT2D eigenvalue weighted by Gasteiger charge is 2.11. The van der Waals surface area contributed by atoms with Gasteiger partial charge in [0, 0.05) is 10.5 Å². The number of rotatable bonds is 4. The number of nitrogens with two attached hydrogens (primary N) is 1. The van der Waals surface area contributed by atoms with E-state index in [0.29, 0.717) is 6.42 Å². The van der Waals surface area contributed by atoms with Crippen molar-refractivity contribution in [1.82, 2.24) is 0 Å². The molecule has 0 aromatic heterocycles. The zero-order valence-corrected chi connectivity index (χ0v) is 12.5. The van der Waals surface area contributed by atoms with E-state index in [1.54, 1.807) is 6.07 Å². The number of halogens is 2.